The second kappa shape index (κ2) is 2.73. The summed E-state index contributed by atoms with van der Waals surface area (Å²) in [6, 6.07) is 1.93. The highest BCUT2D eigenvalue weighted by molar-refractivity contribution is 5.74. The first-order valence-corrected chi connectivity index (χ1v) is 3.83. The molecule has 1 amide bonds. The highest BCUT2D eigenvalue weighted by Crippen LogP contribution is 2.33. The molecule has 1 rings (SSSR count). The van der Waals surface area contributed by atoms with E-state index in [0.717, 1.165) is 0 Å². The second-order valence-electron chi connectivity index (χ2n) is 3.35. The molecule has 5 nitrogen and oxygen atoms in total. The Bertz CT molecular complexity index is 296. The van der Waals surface area contributed by atoms with E-state index in [1.165, 1.54) is 6.92 Å². The number of hydrogen-bond acceptors (Lipinski definition) is 4. The first kappa shape index (κ1) is 9.52. The zero-order valence-corrected chi connectivity index (χ0v) is 7.46. The van der Waals surface area contributed by atoms with Crippen LogP contribution in [0.25, 0.3) is 0 Å². The number of nitrogens with one attached hydrogen (secondary N) is 1. The van der Waals surface area contributed by atoms with Crippen LogP contribution in [0.4, 0.5) is 4.79 Å². The van der Waals surface area contributed by atoms with Crippen LogP contribution >= 0.6 is 0 Å². The number of cyclic esters (lactones) is 1. The van der Waals surface area contributed by atoms with E-state index in [1.807, 2.05) is 6.07 Å². The van der Waals surface area contributed by atoms with Crippen molar-refractivity contribution in [3.05, 3.63) is 0 Å². The molecule has 0 aromatic heterocycles. The summed E-state index contributed by atoms with van der Waals surface area (Å²) in [5, 5.41) is 11.2. The summed E-state index contributed by atoms with van der Waals surface area (Å²) in [6.45, 7) is 3.09. The van der Waals surface area contributed by atoms with Crippen molar-refractivity contribution >= 4 is 12.4 Å². The Hall–Kier alpha value is -1.57. The lowest BCUT2D eigenvalue weighted by Crippen LogP contribution is -2.52. The fourth-order valence-electron chi connectivity index (χ4n) is 1.22. The van der Waals surface area contributed by atoms with Crippen molar-refractivity contribution in [3.8, 4) is 6.07 Å². The molecule has 1 saturated heterocycles. The molecule has 1 aliphatic rings. The van der Waals surface area contributed by atoms with Crippen LogP contribution in [0, 0.1) is 11.3 Å². The van der Waals surface area contributed by atoms with E-state index in [9.17, 15) is 9.59 Å². The van der Waals surface area contributed by atoms with Gasteiger partial charge in [0, 0.05) is 6.42 Å². The Morgan fingerprint density at radius 3 is 2.77 bits per heavy atom. The lowest BCUT2D eigenvalue weighted by atomic mass is 9.82. The van der Waals surface area contributed by atoms with E-state index in [1.54, 1.807) is 6.92 Å². The van der Waals surface area contributed by atoms with Gasteiger partial charge in [-0.1, -0.05) is 0 Å². The summed E-state index contributed by atoms with van der Waals surface area (Å²) in [7, 11) is 0. The summed E-state index contributed by atoms with van der Waals surface area (Å²) in [5.41, 5.74) is -2.20. The van der Waals surface area contributed by atoms with E-state index in [4.69, 9.17) is 10.00 Å². The van der Waals surface area contributed by atoms with Gasteiger partial charge in [0.05, 0.1) is 6.07 Å². The van der Waals surface area contributed by atoms with Gasteiger partial charge >= 0.3 is 6.09 Å². The first-order valence-electron chi connectivity index (χ1n) is 3.83. The summed E-state index contributed by atoms with van der Waals surface area (Å²) in [6.07, 6.45) is -0.0144. The largest absolute Gasteiger partial charge is 0.439 e. The van der Waals surface area contributed by atoms with Crippen LogP contribution in [0.2, 0.25) is 0 Å². The molecule has 0 aliphatic carbocycles. The lowest BCUT2D eigenvalue weighted by molar-refractivity contribution is -0.112. The zero-order chi connectivity index (χ0) is 10.1. The number of amides is 1. The number of alkyl carbamates (subject to hydrolysis) is 1. The SMILES string of the molecule is CC1(C#N)NC(=O)OC1(C)CC=O. The smallest absolute Gasteiger partial charge is 0.409 e. The van der Waals surface area contributed by atoms with Gasteiger partial charge in [-0.3, -0.25) is 5.32 Å². The van der Waals surface area contributed by atoms with Crippen LogP contribution in [0.15, 0.2) is 0 Å². The van der Waals surface area contributed by atoms with E-state index in [-0.39, 0.29) is 6.42 Å². The molecular formula is C8H10N2O3. The van der Waals surface area contributed by atoms with Crippen molar-refractivity contribution < 1.29 is 14.3 Å². The molecule has 2 atom stereocenters. The number of ether oxygens (including phenoxy) is 1. The number of hydrogen-bond donors (Lipinski definition) is 1. The normalized spacial score (nSPS) is 37.5. The predicted molar refractivity (Wildman–Crippen MR) is 42.7 cm³/mol. The molecule has 1 aliphatic heterocycles. The number of rotatable bonds is 2. The molecule has 1 N–H and O–H groups in total. The summed E-state index contributed by atoms with van der Waals surface area (Å²) < 4.78 is 4.89. The summed E-state index contributed by atoms with van der Waals surface area (Å²) >= 11 is 0. The number of nitriles is 1. The summed E-state index contributed by atoms with van der Waals surface area (Å²) in [4.78, 5) is 21.3. The average molecular weight is 182 g/mol. The van der Waals surface area contributed by atoms with Crippen molar-refractivity contribution in [3.63, 3.8) is 0 Å². The van der Waals surface area contributed by atoms with Crippen LogP contribution in [-0.4, -0.2) is 23.5 Å². The fraction of sp³-hybridized carbons (Fsp3) is 0.625. The van der Waals surface area contributed by atoms with E-state index < -0.39 is 17.2 Å². The Balaban J connectivity index is 3.02. The van der Waals surface area contributed by atoms with E-state index in [0.29, 0.717) is 6.29 Å². The molecule has 0 spiro atoms. The molecule has 0 aromatic rings. The summed E-state index contributed by atoms with van der Waals surface area (Å²) in [5.74, 6) is 0. The molecular weight excluding hydrogens is 172 g/mol. The Morgan fingerprint density at radius 2 is 2.31 bits per heavy atom. The van der Waals surface area contributed by atoms with Gasteiger partial charge in [0.25, 0.3) is 0 Å². The Kier molecular flexibility index (Phi) is 2.00. The second-order valence-corrected chi connectivity index (χ2v) is 3.35. The maximum atomic E-state index is 10.9. The molecule has 1 heterocycles. The molecule has 0 bridgehead atoms. The van der Waals surface area contributed by atoms with Crippen LogP contribution < -0.4 is 5.32 Å². The van der Waals surface area contributed by atoms with Crippen molar-refractivity contribution in [1.29, 1.82) is 5.26 Å². The maximum absolute atomic E-state index is 10.9. The highest BCUT2D eigenvalue weighted by atomic mass is 16.6. The van der Waals surface area contributed by atoms with Crippen LogP contribution in [0.3, 0.4) is 0 Å². The van der Waals surface area contributed by atoms with Crippen molar-refractivity contribution in [2.24, 2.45) is 0 Å². The minimum absolute atomic E-state index is 0.00972. The molecule has 1 fully saturated rings. The number of nitrogens with zero attached hydrogens (tertiary/aromatic N) is 1. The predicted octanol–water partition coefficient (Wildman–Crippen LogP) is 0.356. The molecule has 0 radical (unpaired) electrons. The molecule has 2 unspecified atom stereocenters. The molecule has 5 heteroatoms. The van der Waals surface area contributed by atoms with Gasteiger partial charge in [0.1, 0.15) is 6.29 Å². The number of aldehydes is 1. The zero-order valence-electron chi connectivity index (χ0n) is 7.46. The topological polar surface area (TPSA) is 79.2 Å². The van der Waals surface area contributed by atoms with Crippen molar-refractivity contribution in [2.75, 3.05) is 0 Å². The monoisotopic (exact) mass is 182 g/mol. The van der Waals surface area contributed by atoms with Crippen molar-refractivity contribution in [1.82, 2.24) is 5.32 Å². The van der Waals surface area contributed by atoms with Gasteiger partial charge in [-0.15, -0.1) is 0 Å². The Morgan fingerprint density at radius 1 is 1.69 bits per heavy atom. The average Bonchev–Trinajstić information content (AvgIpc) is 2.24. The molecule has 70 valence electrons. The third-order valence-electron chi connectivity index (χ3n) is 2.42. The van der Waals surface area contributed by atoms with Crippen molar-refractivity contribution in [2.45, 2.75) is 31.4 Å². The number of carbonyl (C=O) groups is 2. The minimum Gasteiger partial charge on any atom is -0.439 e. The number of carbonyl (C=O) groups excluding carboxylic acids is 2. The van der Waals surface area contributed by atoms with Crippen LogP contribution in [0.5, 0.6) is 0 Å². The van der Waals surface area contributed by atoms with Gasteiger partial charge < -0.3 is 9.53 Å². The Labute approximate surface area is 75.7 Å². The standard InChI is InChI=1S/C8H10N2O3/c1-7(5-9)8(2,3-4-11)13-6(12)10-7/h4H,3H2,1-2H3,(H,10,12). The van der Waals surface area contributed by atoms with Gasteiger partial charge in [-0.2, -0.15) is 5.26 Å². The molecule has 13 heavy (non-hydrogen) atoms. The third kappa shape index (κ3) is 1.24. The van der Waals surface area contributed by atoms with Crippen LogP contribution in [0.1, 0.15) is 20.3 Å². The lowest BCUT2D eigenvalue weighted by Gasteiger charge is -2.29. The molecule has 0 saturated carbocycles. The quantitative estimate of drug-likeness (QED) is 0.625. The van der Waals surface area contributed by atoms with Gasteiger partial charge in [-0.05, 0) is 13.8 Å². The van der Waals surface area contributed by atoms with Gasteiger partial charge in [-0.25, -0.2) is 4.79 Å². The van der Waals surface area contributed by atoms with Crippen LogP contribution in [-0.2, 0) is 9.53 Å². The van der Waals surface area contributed by atoms with Gasteiger partial charge in [0.2, 0.25) is 0 Å². The highest BCUT2D eigenvalue weighted by Gasteiger charge is 2.55. The van der Waals surface area contributed by atoms with E-state index in [2.05, 4.69) is 5.32 Å². The first-order chi connectivity index (χ1) is 5.97. The van der Waals surface area contributed by atoms with Gasteiger partial charge in [0.15, 0.2) is 11.1 Å². The fourth-order valence-corrected chi connectivity index (χ4v) is 1.22. The third-order valence-corrected chi connectivity index (χ3v) is 2.42. The molecule has 0 aromatic carbocycles. The van der Waals surface area contributed by atoms with E-state index >= 15 is 0 Å². The maximum Gasteiger partial charge on any atom is 0.409 e. The minimum atomic E-state index is -1.13.